The lowest BCUT2D eigenvalue weighted by Gasteiger charge is -2.20. The van der Waals surface area contributed by atoms with Crippen LogP contribution in [0.2, 0.25) is 0 Å². The molecule has 0 saturated heterocycles. The smallest absolute Gasteiger partial charge is 0.328 e. The summed E-state index contributed by atoms with van der Waals surface area (Å²) in [6.45, 7) is 5.27. The molecule has 0 saturated carbocycles. The van der Waals surface area contributed by atoms with E-state index in [2.05, 4.69) is 10.6 Å². The molecule has 44 heavy (non-hydrogen) atoms. The van der Waals surface area contributed by atoms with Gasteiger partial charge in [-0.1, -0.05) is 80.6 Å². The van der Waals surface area contributed by atoms with Gasteiger partial charge in [0.25, 0.3) is 0 Å². The Hall–Kier alpha value is -4.91. The Morgan fingerprint density at radius 3 is 2.07 bits per heavy atom. The summed E-state index contributed by atoms with van der Waals surface area (Å²) in [4.78, 5) is 38.5. The summed E-state index contributed by atoms with van der Waals surface area (Å²) in [6, 6.07) is 30.7. The van der Waals surface area contributed by atoms with E-state index in [1.807, 2.05) is 86.6 Å². The predicted molar refractivity (Wildman–Crippen MR) is 175 cm³/mol. The minimum atomic E-state index is -0.696. The van der Waals surface area contributed by atoms with Crippen LogP contribution in [0.15, 0.2) is 103 Å². The van der Waals surface area contributed by atoms with Gasteiger partial charge in [0.15, 0.2) is 11.6 Å². The van der Waals surface area contributed by atoms with Crippen molar-refractivity contribution in [1.29, 1.82) is 0 Å². The van der Waals surface area contributed by atoms with Crippen LogP contribution in [-0.2, 0) is 16.0 Å². The van der Waals surface area contributed by atoms with Crippen molar-refractivity contribution in [1.82, 2.24) is 0 Å². The number of benzene rings is 4. The molecule has 0 aliphatic heterocycles. The van der Waals surface area contributed by atoms with Gasteiger partial charge in [-0.15, -0.1) is 0 Å². The number of ketones is 2. The average Bonchev–Trinajstić information content (AvgIpc) is 3.05. The normalized spacial score (nSPS) is 11.5. The summed E-state index contributed by atoms with van der Waals surface area (Å²) >= 11 is 0. The third kappa shape index (κ3) is 9.04. The highest BCUT2D eigenvalue weighted by atomic mass is 16.5. The third-order valence-electron chi connectivity index (χ3n) is 7.11. The third-order valence-corrected chi connectivity index (χ3v) is 7.11. The second-order valence-corrected chi connectivity index (χ2v) is 11.0. The summed E-state index contributed by atoms with van der Waals surface area (Å²) in [5.41, 5.74) is 4.11. The summed E-state index contributed by atoms with van der Waals surface area (Å²) in [6.07, 6.45) is 1.64. The molecule has 228 valence electrons. The monoisotopic (exact) mass is 592 g/mol. The van der Waals surface area contributed by atoms with E-state index in [1.54, 1.807) is 30.3 Å². The van der Waals surface area contributed by atoms with Gasteiger partial charge in [0.1, 0.15) is 11.8 Å². The maximum absolute atomic E-state index is 13.2. The summed E-state index contributed by atoms with van der Waals surface area (Å²) in [7, 11) is 1.35. The summed E-state index contributed by atoms with van der Waals surface area (Å²) < 4.78 is 11.0. The standard InChI is InChI=1S/C37H40N2O5/c1-26(2)24-35(40)30-14-7-9-16-32(30)38-22-11-23-44-29-20-18-27(19-21-29)25-34(37(42)43-3)39-33-17-10-8-15-31(33)36(41)28-12-5-4-6-13-28/h4-10,12-21,26,34,38-39H,11,22-25H2,1-3H3. The van der Waals surface area contributed by atoms with E-state index >= 15 is 0 Å². The molecule has 0 aliphatic rings. The van der Waals surface area contributed by atoms with Crippen molar-refractivity contribution in [3.63, 3.8) is 0 Å². The SMILES string of the molecule is COC(=O)C(Cc1ccc(OCCCNc2ccccc2C(=O)CC(C)C)cc1)Nc1ccccc1C(=O)c1ccccc1. The van der Waals surface area contributed by atoms with E-state index < -0.39 is 12.0 Å². The number of Topliss-reactive ketones (excluding diaryl/α,β-unsaturated/α-hetero) is 1. The summed E-state index contributed by atoms with van der Waals surface area (Å²) in [5, 5.41) is 6.61. The van der Waals surface area contributed by atoms with Crippen molar-refractivity contribution < 1.29 is 23.9 Å². The fraction of sp³-hybridized carbons (Fsp3) is 0.270. The maximum Gasteiger partial charge on any atom is 0.328 e. The molecule has 1 atom stereocenters. The van der Waals surface area contributed by atoms with Crippen molar-refractivity contribution in [3.05, 3.63) is 125 Å². The molecule has 4 rings (SSSR count). The zero-order chi connectivity index (χ0) is 31.3. The summed E-state index contributed by atoms with van der Waals surface area (Å²) in [5.74, 6) is 0.631. The highest BCUT2D eigenvalue weighted by Gasteiger charge is 2.22. The molecule has 0 radical (unpaired) electrons. The van der Waals surface area contributed by atoms with Crippen molar-refractivity contribution in [2.24, 2.45) is 5.92 Å². The van der Waals surface area contributed by atoms with E-state index in [0.717, 1.165) is 29.0 Å². The quantitative estimate of drug-likeness (QED) is 0.0806. The topological polar surface area (TPSA) is 93.7 Å². The van der Waals surface area contributed by atoms with Crippen molar-refractivity contribution in [2.75, 3.05) is 30.9 Å². The Balaban J connectivity index is 1.31. The van der Waals surface area contributed by atoms with Crippen LogP contribution in [0.1, 0.15) is 58.5 Å². The molecular weight excluding hydrogens is 552 g/mol. The molecule has 0 bridgehead atoms. The molecule has 0 amide bonds. The first-order valence-corrected chi connectivity index (χ1v) is 15.0. The van der Waals surface area contributed by atoms with E-state index in [-0.39, 0.29) is 11.6 Å². The van der Waals surface area contributed by atoms with Gasteiger partial charge in [0.2, 0.25) is 0 Å². The first-order chi connectivity index (χ1) is 21.4. The van der Waals surface area contributed by atoms with Crippen LogP contribution in [0, 0.1) is 5.92 Å². The average molecular weight is 593 g/mol. The molecule has 0 heterocycles. The number of esters is 1. The number of methoxy groups -OCH3 is 1. The van der Waals surface area contributed by atoms with Crippen molar-refractivity contribution >= 4 is 28.9 Å². The van der Waals surface area contributed by atoms with Gasteiger partial charge >= 0.3 is 5.97 Å². The number of rotatable bonds is 16. The second-order valence-electron chi connectivity index (χ2n) is 11.0. The zero-order valence-corrected chi connectivity index (χ0v) is 25.5. The molecule has 0 aromatic heterocycles. The van der Waals surface area contributed by atoms with Crippen LogP contribution < -0.4 is 15.4 Å². The molecule has 0 aliphatic carbocycles. The van der Waals surface area contributed by atoms with E-state index in [1.165, 1.54) is 7.11 Å². The number of anilines is 2. The zero-order valence-electron chi connectivity index (χ0n) is 25.5. The molecule has 7 heteroatoms. The Kier molecular flexibility index (Phi) is 11.7. The lowest BCUT2D eigenvalue weighted by molar-refractivity contribution is -0.141. The fourth-order valence-electron chi connectivity index (χ4n) is 4.88. The highest BCUT2D eigenvalue weighted by molar-refractivity contribution is 6.12. The van der Waals surface area contributed by atoms with E-state index in [0.29, 0.717) is 48.7 Å². The van der Waals surface area contributed by atoms with Crippen LogP contribution in [0.4, 0.5) is 11.4 Å². The van der Waals surface area contributed by atoms with Crippen molar-refractivity contribution in [3.8, 4) is 5.75 Å². The van der Waals surface area contributed by atoms with Crippen LogP contribution in [-0.4, -0.2) is 43.8 Å². The van der Waals surface area contributed by atoms with E-state index in [9.17, 15) is 14.4 Å². The largest absolute Gasteiger partial charge is 0.494 e. The van der Waals surface area contributed by atoms with Gasteiger partial charge in [-0.05, 0) is 54.3 Å². The molecule has 7 nitrogen and oxygen atoms in total. The number of carbonyl (C=O) groups excluding carboxylic acids is 3. The maximum atomic E-state index is 13.2. The Morgan fingerprint density at radius 1 is 0.750 bits per heavy atom. The predicted octanol–water partition coefficient (Wildman–Crippen LogP) is 7.22. The molecule has 1 unspecified atom stereocenters. The van der Waals surface area contributed by atoms with Crippen molar-refractivity contribution in [2.45, 2.75) is 39.2 Å². The number of hydrogen-bond acceptors (Lipinski definition) is 7. The molecule has 4 aromatic rings. The van der Waals surface area contributed by atoms with Gasteiger partial charge in [0.05, 0.1) is 13.7 Å². The number of nitrogens with one attached hydrogen (secondary N) is 2. The minimum absolute atomic E-state index is 0.127. The first-order valence-electron chi connectivity index (χ1n) is 15.0. The Morgan fingerprint density at radius 2 is 1.39 bits per heavy atom. The van der Waals surface area contributed by atoms with Crippen LogP contribution in [0.5, 0.6) is 5.75 Å². The molecule has 0 fully saturated rings. The fourth-order valence-corrected chi connectivity index (χ4v) is 4.88. The number of para-hydroxylation sites is 2. The second kappa shape index (κ2) is 16.1. The lowest BCUT2D eigenvalue weighted by Crippen LogP contribution is -2.33. The minimum Gasteiger partial charge on any atom is -0.494 e. The Labute approximate surface area is 259 Å². The van der Waals surface area contributed by atoms with Crippen LogP contribution in [0.3, 0.4) is 0 Å². The first kappa shape index (κ1) is 32.0. The van der Waals surface area contributed by atoms with Gasteiger partial charge < -0.3 is 20.1 Å². The molecular formula is C37H40N2O5. The number of carbonyl (C=O) groups is 3. The van der Waals surface area contributed by atoms with Gasteiger partial charge in [-0.3, -0.25) is 9.59 Å². The lowest BCUT2D eigenvalue weighted by atomic mass is 10.00. The van der Waals surface area contributed by atoms with Gasteiger partial charge in [-0.25, -0.2) is 4.79 Å². The van der Waals surface area contributed by atoms with E-state index in [4.69, 9.17) is 9.47 Å². The van der Waals surface area contributed by atoms with Gasteiger partial charge in [0, 0.05) is 47.5 Å². The van der Waals surface area contributed by atoms with Gasteiger partial charge in [-0.2, -0.15) is 0 Å². The molecule has 0 spiro atoms. The molecule has 2 N–H and O–H groups in total. The van der Waals surface area contributed by atoms with Crippen LogP contribution in [0.25, 0.3) is 0 Å². The Bertz CT molecular complexity index is 1530. The highest BCUT2D eigenvalue weighted by Crippen LogP contribution is 2.23. The number of hydrogen-bond donors (Lipinski definition) is 2. The number of ether oxygens (including phenoxy) is 2. The molecule has 4 aromatic carbocycles. The van der Waals surface area contributed by atoms with Crippen LogP contribution >= 0.6 is 0 Å².